The van der Waals surface area contributed by atoms with Crippen LogP contribution in [0.4, 0.5) is 5.69 Å². The van der Waals surface area contributed by atoms with E-state index in [4.69, 9.17) is 0 Å². The van der Waals surface area contributed by atoms with Crippen LogP contribution >= 0.6 is 11.3 Å². The summed E-state index contributed by atoms with van der Waals surface area (Å²) < 4.78 is 0. The van der Waals surface area contributed by atoms with Gasteiger partial charge in [-0.15, -0.1) is 11.3 Å². The van der Waals surface area contributed by atoms with Crippen molar-refractivity contribution < 1.29 is 9.90 Å². The summed E-state index contributed by atoms with van der Waals surface area (Å²) in [7, 11) is 1.75. The first kappa shape index (κ1) is 19.6. The highest BCUT2D eigenvalue weighted by molar-refractivity contribution is 7.10. The SMILES string of the molecule is CN=C(NCC(=O)N1CCc2sccc2C1)N1CCN(c2ccccc2O)CC1. The average molecular weight is 414 g/mol. The van der Waals surface area contributed by atoms with Crippen LogP contribution in [0.15, 0.2) is 40.7 Å². The number of phenolic OH excluding ortho intramolecular Hbond substituents is 1. The summed E-state index contributed by atoms with van der Waals surface area (Å²) in [5.74, 6) is 1.17. The van der Waals surface area contributed by atoms with E-state index in [1.807, 2.05) is 23.1 Å². The van der Waals surface area contributed by atoms with Gasteiger partial charge in [0.1, 0.15) is 5.75 Å². The van der Waals surface area contributed by atoms with Crippen molar-refractivity contribution in [2.24, 2.45) is 4.99 Å². The largest absolute Gasteiger partial charge is 0.506 e. The highest BCUT2D eigenvalue weighted by Gasteiger charge is 2.24. The van der Waals surface area contributed by atoms with Crippen LogP contribution in [0.1, 0.15) is 10.4 Å². The second-order valence-corrected chi connectivity index (χ2v) is 8.30. The zero-order valence-electron chi connectivity index (χ0n) is 16.7. The fourth-order valence-electron chi connectivity index (χ4n) is 3.95. The molecular formula is C21H27N5O2S. The maximum atomic E-state index is 12.7. The smallest absolute Gasteiger partial charge is 0.242 e. The number of thiophene rings is 1. The van der Waals surface area contributed by atoms with E-state index in [-0.39, 0.29) is 12.5 Å². The molecular weight excluding hydrogens is 386 g/mol. The number of amides is 1. The van der Waals surface area contributed by atoms with E-state index in [1.54, 1.807) is 24.5 Å². The lowest BCUT2D eigenvalue weighted by molar-refractivity contribution is -0.130. The number of hydrogen-bond acceptors (Lipinski definition) is 5. The zero-order chi connectivity index (χ0) is 20.2. The van der Waals surface area contributed by atoms with Crippen LogP contribution in [0, 0.1) is 0 Å². The molecule has 1 aromatic heterocycles. The van der Waals surface area contributed by atoms with E-state index in [2.05, 4.69) is 31.6 Å². The Bertz CT molecular complexity index is 889. The number of rotatable bonds is 3. The van der Waals surface area contributed by atoms with E-state index in [0.717, 1.165) is 50.8 Å². The minimum Gasteiger partial charge on any atom is -0.506 e. The van der Waals surface area contributed by atoms with Gasteiger partial charge in [-0.1, -0.05) is 12.1 Å². The molecule has 2 aliphatic heterocycles. The number of benzene rings is 1. The first-order valence-electron chi connectivity index (χ1n) is 9.97. The maximum absolute atomic E-state index is 12.7. The Morgan fingerprint density at radius 1 is 1.14 bits per heavy atom. The molecule has 0 atom stereocenters. The number of nitrogens with one attached hydrogen (secondary N) is 1. The van der Waals surface area contributed by atoms with Crippen molar-refractivity contribution in [1.82, 2.24) is 15.1 Å². The minimum absolute atomic E-state index is 0.107. The summed E-state index contributed by atoms with van der Waals surface area (Å²) in [6, 6.07) is 9.55. The summed E-state index contributed by atoms with van der Waals surface area (Å²) in [5.41, 5.74) is 2.14. The number of phenols is 1. The van der Waals surface area contributed by atoms with Gasteiger partial charge in [0.2, 0.25) is 5.91 Å². The second-order valence-electron chi connectivity index (χ2n) is 7.30. The van der Waals surface area contributed by atoms with Crippen molar-refractivity contribution >= 4 is 28.9 Å². The van der Waals surface area contributed by atoms with Crippen molar-refractivity contribution in [3.63, 3.8) is 0 Å². The monoisotopic (exact) mass is 413 g/mol. The van der Waals surface area contributed by atoms with Crippen LogP contribution in [0.5, 0.6) is 5.75 Å². The Morgan fingerprint density at radius 2 is 1.93 bits per heavy atom. The number of hydrogen-bond donors (Lipinski definition) is 2. The molecule has 0 aliphatic carbocycles. The number of fused-ring (bicyclic) bond motifs is 1. The minimum atomic E-state index is 0.107. The number of para-hydroxylation sites is 2. The summed E-state index contributed by atoms with van der Waals surface area (Å²) in [5, 5.41) is 15.4. The fourth-order valence-corrected chi connectivity index (χ4v) is 4.84. The number of aliphatic imine (C=N–C) groups is 1. The van der Waals surface area contributed by atoms with E-state index in [1.165, 1.54) is 10.4 Å². The molecule has 2 N–H and O–H groups in total. The number of anilines is 1. The molecule has 0 spiro atoms. The second kappa shape index (κ2) is 8.73. The molecule has 1 amide bonds. The van der Waals surface area contributed by atoms with Gasteiger partial charge in [0.05, 0.1) is 12.2 Å². The summed E-state index contributed by atoms with van der Waals surface area (Å²) in [6.45, 7) is 4.89. The molecule has 1 aromatic carbocycles. The van der Waals surface area contributed by atoms with Crippen LogP contribution in [0.3, 0.4) is 0 Å². The number of carbonyl (C=O) groups is 1. The van der Waals surface area contributed by atoms with Crippen molar-refractivity contribution in [3.05, 3.63) is 46.2 Å². The first-order valence-corrected chi connectivity index (χ1v) is 10.8. The normalized spacial score (nSPS) is 17.3. The van der Waals surface area contributed by atoms with Crippen LogP contribution in [0.2, 0.25) is 0 Å². The molecule has 29 heavy (non-hydrogen) atoms. The highest BCUT2D eigenvalue weighted by atomic mass is 32.1. The Kier molecular flexibility index (Phi) is 5.89. The molecule has 0 radical (unpaired) electrons. The number of nitrogens with zero attached hydrogens (tertiary/aromatic N) is 4. The topological polar surface area (TPSA) is 71.4 Å². The van der Waals surface area contributed by atoms with Gasteiger partial charge in [-0.05, 0) is 35.6 Å². The lowest BCUT2D eigenvalue weighted by atomic mass is 10.1. The van der Waals surface area contributed by atoms with Crippen LogP contribution in [-0.4, -0.2) is 73.1 Å². The lowest BCUT2D eigenvalue weighted by Crippen LogP contribution is -2.54. The highest BCUT2D eigenvalue weighted by Crippen LogP contribution is 2.27. The molecule has 3 heterocycles. The van der Waals surface area contributed by atoms with Gasteiger partial charge in [-0.2, -0.15) is 0 Å². The molecule has 8 heteroatoms. The van der Waals surface area contributed by atoms with Crippen molar-refractivity contribution in [1.29, 1.82) is 0 Å². The van der Waals surface area contributed by atoms with Crippen molar-refractivity contribution in [2.75, 3.05) is 51.2 Å². The molecule has 0 unspecified atom stereocenters. The molecule has 154 valence electrons. The van der Waals surface area contributed by atoms with Crippen LogP contribution < -0.4 is 10.2 Å². The Hall–Kier alpha value is -2.74. The predicted molar refractivity (Wildman–Crippen MR) is 117 cm³/mol. The third kappa shape index (κ3) is 4.32. The molecule has 7 nitrogen and oxygen atoms in total. The number of piperazine rings is 1. The molecule has 4 rings (SSSR count). The standard InChI is InChI=1S/C21H27N5O2S/c1-22-21(23-14-20(28)26-8-6-19-16(15-26)7-13-29-19)25-11-9-24(10-12-25)17-4-2-3-5-18(17)27/h2-5,7,13,27H,6,8-12,14-15H2,1H3,(H,22,23). The predicted octanol–water partition coefficient (Wildman–Crippen LogP) is 1.74. The quantitative estimate of drug-likeness (QED) is 0.592. The van der Waals surface area contributed by atoms with Gasteiger partial charge in [-0.25, -0.2) is 0 Å². The van der Waals surface area contributed by atoms with Gasteiger partial charge in [0.15, 0.2) is 5.96 Å². The Labute approximate surface area is 175 Å². The van der Waals surface area contributed by atoms with Gasteiger partial charge < -0.3 is 25.1 Å². The van der Waals surface area contributed by atoms with Gasteiger partial charge in [0.25, 0.3) is 0 Å². The third-order valence-corrected chi connectivity index (χ3v) is 6.59. The number of carbonyl (C=O) groups excluding carboxylic acids is 1. The third-order valence-electron chi connectivity index (χ3n) is 5.57. The van der Waals surface area contributed by atoms with Gasteiger partial charge in [-0.3, -0.25) is 9.79 Å². The van der Waals surface area contributed by atoms with Crippen LogP contribution in [-0.2, 0) is 17.8 Å². The zero-order valence-corrected chi connectivity index (χ0v) is 17.5. The molecule has 1 saturated heterocycles. The van der Waals surface area contributed by atoms with Gasteiger partial charge >= 0.3 is 0 Å². The first-order chi connectivity index (χ1) is 14.2. The molecule has 2 aromatic rings. The lowest BCUT2D eigenvalue weighted by Gasteiger charge is -2.38. The van der Waals surface area contributed by atoms with E-state index in [9.17, 15) is 9.90 Å². The molecule has 0 bridgehead atoms. The van der Waals surface area contributed by atoms with Crippen molar-refractivity contribution in [3.8, 4) is 5.75 Å². The van der Waals surface area contributed by atoms with Crippen molar-refractivity contribution in [2.45, 2.75) is 13.0 Å². The average Bonchev–Trinajstić information content (AvgIpc) is 3.23. The summed E-state index contributed by atoms with van der Waals surface area (Å²) in [6.07, 6.45) is 0.946. The van der Waals surface area contributed by atoms with Crippen LogP contribution in [0.25, 0.3) is 0 Å². The van der Waals surface area contributed by atoms with E-state index >= 15 is 0 Å². The number of guanidine groups is 1. The van der Waals surface area contributed by atoms with E-state index in [0.29, 0.717) is 12.3 Å². The van der Waals surface area contributed by atoms with E-state index < -0.39 is 0 Å². The molecule has 2 aliphatic rings. The summed E-state index contributed by atoms with van der Waals surface area (Å²) >= 11 is 1.78. The molecule has 1 fully saturated rings. The number of aromatic hydroxyl groups is 1. The fraction of sp³-hybridized carbons (Fsp3) is 0.429. The maximum Gasteiger partial charge on any atom is 0.242 e. The molecule has 0 saturated carbocycles. The summed E-state index contributed by atoms with van der Waals surface area (Å²) in [4.78, 5) is 24.7. The van der Waals surface area contributed by atoms with Gasteiger partial charge in [0, 0.05) is 51.2 Å². The Balaban J connectivity index is 1.28. The Morgan fingerprint density at radius 3 is 2.69 bits per heavy atom.